The van der Waals surface area contributed by atoms with Crippen LogP contribution in [0.3, 0.4) is 0 Å². The van der Waals surface area contributed by atoms with Crippen LogP contribution in [-0.2, 0) is 4.74 Å². The van der Waals surface area contributed by atoms with Gasteiger partial charge in [0, 0.05) is 18.5 Å². The van der Waals surface area contributed by atoms with Crippen LogP contribution in [0, 0.1) is 5.41 Å². The Labute approximate surface area is 106 Å². The van der Waals surface area contributed by atoms with E-state index in [0.717, 1.165) is 37.3 Å². The van der Waals surface area contributed by atoms with E-state index in [4.69, 9.17) is 4.74 Å². The van der Waals surface area contributed by atoms with Crippen molar-refractivity contribution in [2.45, 2.75) is 12.8 Å². The Morgan fingerprint density at radius 1 is 1.22 bits per heavy atom. The summed E-state index contributed by atoms with van der Waals surface area (Å²) in [6.07, 6.45) is 4.26. The number of benzene rings is 1. The zero-order valence-electron chi connectivity index (χ0n) is 10.4. The van der Waals surface area contributed by atoms with E-state index in [0.29, 0.717) is 5.41 Å². The molecule has 1 spiro atoms. The highest BCUT2D eigenvalue weighted by Gasteiger charge is 2.41. The molecule has 0 atom stereocenters. The summed E-state index contributed by atoms with van der Waals surface area (Å²) < 4.78 is 5.38. The number of aromatic amines is 1. The number of hydrogen-bond acceptors (Lipinski definition) is 3. The molecule has 1 aromatic heterocycles. The van der Waals surface area contributed by atoms with Crippen LogP contribution in [0.1, 0.15) is 12.8 Å². The fourth-order valence-corrected chi connectivity index (χ4v) is 3.11. The van der Waals surface area contributed by atoms with Gasteiger partial charge < -0.3 is 14.6 Å². The second-order valence-corrected chi connectivity index (χ2v) is 5.56. The summed E-state index contributed by atoms with van der Waals surface area (Å²) >= 11 is 0. The molecule has 0 radical (unpaired) electrons. The van der Waals surface area contributed by atoms with Crippen molar-refractivity contribution in [1.82, 2.24) is 9.97 Å². The maximum absolute atomic E-state index is 5.38. The maximum atomic E-state index is 5.38. The van der Waals surface area contributed by atoms with Gasteiger partial charge in [0.2, 0.25) is 0 Å². The molecular weight excluding hydrogens is 226 g/mol. The van der Waals surface area contributed by atoms with Gasteiger partial charge in [-0.25, -0.2) is 4.98 Å². The van der Waals surface area contributed by atoms with Crippen LogP contribution in [0.2, 0.25) is 0 Å². The fraction of sp³-hybridized carbons (Fsp3) is 0.500. The highest BCUT2D eigenvalue weighted by Crippen LogP contribution is 2.40. The Kier molecular flexibility index (Phi) is 2.14. The molecule has 4 heteroatoms. The highest BCUT2D eigenvalue weighted by atomic mass is 16.5. The lowest BCUT2D eigenvalue weighted by atomic mass is 9.77. The predicted molar refractivity (Wildman–Crippen MR) is 70.8 cm³/mol. The summed E-state index contributed by atoms with van der Waals surface area (Å²) in [5, 5.41) is 0. The molecule has 2 saturated heterocycles. The van der Waals surface area contributed by atoms with Crippen molar-refractivity contribution in [1.29, 1.82) is 0 Å². The Bertz CT molecular complexity index is 563. The van der Waals surface area contributed by atoms with E-state index in [1.165, 1.54) is 18.5 Å². The van der Waals surface area contributed by atoms with Gasteiger partial charge in [-0.2, -0.15) is 0 Å². The van der Waals surface area contributed by atoms with Crippen molar-refractivity contribution in [3.8, 4) is 0 Å². The molecule has 0 bridgehead atoms. The minimum atomic E-state index is 0.496. The molecule has 0 aliphatic carbocycles. The van der Waals surface area contributed by atoms with Crippen molar-refractivity contribution in [2.75, 3.05) is 31.2 Å². The Balaban J connectivity index is 1.62. The highest BCUT2D eigenvalue weighted by molar-refractivity contribution is 5.88. The molecule has 2 aromatic rings. The first kappa shape index (κ1) is 10.4. The van der Waals surface area contributed by atoms with Crippen molar-refractivity contribution < 1.29 is 4.74 Å². The summed E-state index contributed by atoms with van der Waals surface area (Å²) in [4.78, 5) is 10.1. The average Bonchev–Trinajstić information content (AvgIpc) is 2.85. The van der Waals surface area contributed by atoms with Gasteiger partial charge in [-0.15, -0.1) is 0 Å². The minimum absolute atomic E-state index is 0.496. The first-order chi connectivity index (χ1) is 8.86. The van der Waals surface area contributed by atoms with Crippen molar-refractivity contribution in [3.05, 3.63) is 24.5 Å². The molecule has 2 fully saturated rings. The van der Waals surface area contributed by atoms with Crippen LogP contribution in [0.25, 0.3) is 11.0 Å². The van der Waals surface area contributed by atoms with Gasteiger partial charge in [-0.1, -0.05) is 6.07 Å². The average molecular weight is 243 g/mol. The van der Waals surface area contributed by atoms with E-state index in [2.05, 4.69) is 33.1 Å². The molecule has 18 heavy (non-hydrogen) atoms. The number of fused-ring (bicyclic) bond motifs is 1. The molecule has 94 valence electrons. The number of rotatable bonds is 1. The van der Waals surface area contributed by atoms with Gasteiger partial charge in [0.25, 0.3) is 0 Å². The monoisotopic (exact) mass is 243 g/mol. The Hall–Kier alpha value is -1.55. The summed E-state index contributed by atoms with van der Waals surface area (Å²) in [6.45, 7) is 4.17. The maximum Gasteiger partial charge on any atom is 0.112 e. The molecule has 3 heterocycles. The van der Waals surface area contributed by atoms with Gasteiger partial charge in [-0.05, 0) is 25.0 Å². The van der Waals surface area contributed by atoms with E-state index in [1.54, 1.807) is 6.33 Å². The van der Waals surface area contributed by atoms with Gasteiger partial charge >= 0.3 is 0 Å². The van der Waals surface area contributed by atoms with Crippen molar-refractivity contribution in [2.24, 2.45) is 5.41 Å². The molecule has 4 rings (SSSR count). The van der Waals surface area contributed by atoms with E-state index in [9.17, 15) is 0 Å². The molecule has 0 unspecified atom stereocenters. The molecule has 2 aliphatic rings. The van der Waals surface area contributed by atoms with Crippen LogP contribution >= 0.6 is 0 Å². The SMILES string of the molecule is c1cc(N2CCC3(CC2)COC3)c2nc[nH]c2c1. The Morgan fingerprint density at radius 3 is 2.78 bits per heavy atom. The van der Waals surface area contributed by atoms with Crippen LogP contribution in [0.4, 0.5) is 5.69 Å². The lowest BCUT2D eigenvalue weighted by Gasteiger charge is -2.47. The van der Waals surface area contributed by atoms with Crippen molar-refractivity contribution in [3.63, 3.8) is 0 Å². The summed E-state index contributed by atoms with van der Waals surface area (Å²) in [5.74, 6) is 0. The second-order valence-electron chi connectivity index (χ2n) is 5.56. The molecule has 1 aromatic carbocycles. The topological polar surface area (TPSA) is 41.1 Å². The smallest absolute Gasteiger partial charge is 0.112 e. The molecule has 4 nitrogen and oxygen atoms in total. The van der Waals surface area contributed by atoms with Gasteiger partial charge in [-0.3, -0.25) is 0 Å². The number of H-pyrrole nitrogens is 1. The van der Waals surface area contributed by atoms with Crippen LogP contribution in [0.15, 0.2) is 24.5 Å². The summed E-state index contributed by atoms with van der Waals surface area (Å²) in [6, 6.07) is 6.36. The number of imidazole rings is 1. The molecular formula is C14H17N3O. The molecule has 1 N–H and O–H groups in total. The number of nitrogens with zero attached hydrogens (tertiary/aromatic N) is 2. The van der Waals surface area contributed by atoms with Crippen LogP contribution in [-0.4, -0.2) is 36.3 Å². The zero-order chi connectivity index (χ0) is 12.0. The van der Waals surface area contributed by atoms with Gasteiger partial charge in [0.1, 0.15) is 5.52 Å². The number of aromatic nitrogens is 2. The fourth-order valence-electron chi connectivity index (χ4n) is 3.11. The van der Waals surface area contributed by atoms with Crippen LogP contribution in [0.5, 0.6) is 0 Å². The first-order valence-corrected chi connectivity index (χ1v) is 6.61. The van der Waals surface area contributed by atoms with E-state index in [-0.39, 0.29) is 0 Å². The minimum Gasteiger partial charge on any atom is -0.380 e. The number of anilines is 1. The number of nitrogens with one attached hydrogen (secondary N) is 1. The third-order valence-electron chi connectivity index (χ3n) is 4.41. The summed E-state index contributed by atoms with van der Waals surface area (Å²) in [5.41, 5.74) is 3.98. The van der Waals surface area contributed by atoms with E-state index >= 15 is 0 Å². The van der Waals surface area contributed by atoms with E-state index < -0.39 is 0 Å². The third-order valence-corrected chi connectivity index (χ3v) is 4.41. The first-order valence-electron chi connectivity index (χ1n) is 6.61. The summed E-state index contributed by atoms with van der Waals surface area (Å²) in [7, 11) is 0. The van der Waals surface area contributed by atoms with E-state index in [1.807, 2.05) is 0 Å². The molecule has 0 saturated carbocycles. The lowest BCUT2D eigenvalue weighted by molar-refractivity contribution is -0.124. The van der Waals surface area contributed by atoms with Gasteiger partial charge in [0.15, 0.2) is 0 Å². The second kappa shape index (κ2) is 3.72. The lowest BCUT2D eigenvalue weighted by Crippen LogP contribution is -2.51. The number of hydrogen-bond donors (Lipinski definition) is 1. The van der Waals surface area contributed by atoms with Gasteiger partial charge in [0.05, 0.1) is 30.7 Å². The normalized spacial score (nSPS) is 22.3. The Morgan fingerprint density at radius 2 is 2.06 bits per heavy atom. The van der Waals surface area contributed by atoms with Crippen LogP contribution < -0.4 is 4.90 Å². The number of piperidine rings is 1. The predicted octanol–water partition coefficient (Wildman–Crippen LogP) is 2.18. The standard InChI is InChI=1S/C14H17N3O/c1-2-11-13(16-10-15-11)12(3-1)17-6-4-14(5-7-17)8-18-9-14/h1-3,10H,4-9H2,(H,15,16). The largest absolute Gasteiger partial charge is 0.380 e. The molecule has 2 aliphatic heterocycles. The molecule has 0 amide bonds. The third kappa shape index (κ3) is 1.45. The number of para-hydroxylation sites is 1. The van der Waals surface area contributed by atoms with Crippen molar-refractivity contribution >= 4 is 16.7 Å². The zero-order valence-corrected chi connectivity index (χ0v) is 10.4. The number of ether oxygens (including phenoxy) is 1. The quantitative estimate of drug-likeness (QED) is 0.834.